The van der Waals surface area contributed by atoms with Crippen molar-refractivity contribution in [3.05, 3.63) is 103 Å². The molecule has 0 heterocycles. The number of aliphatic hydroxyl groups excluding tert-OH is 1. The standard InChI is InChI=1S/C32H36O5.3CO.Cr/c1-20(2)36-25-16-24(18-33)31(30(17-25)37-21(3)4)26-12-13-28(35-19-23-10-8-7-9-11-23)32-27(26)14-22(5)15-29(32)34-6;3*1-2;/h7-17,20-21,33H,18-19H2,1-6H3;;;;. The molecular formula is C35H36CrO8. The van der Waals surface area contributed by atoms with Gasteiger partial charge >= 0.3 is 33.9 Å². The molecule has 0 spiro atoms. The Balaban J connectivity index is 0.00000249. The Kier molecular flexibility index (Phi) is 19.0. The molecule has 4 aromatic carbocycles. The minimum atomic E-state index is -0.157. The van der Waals surface area contributed by atoms with Crippen molar-refractivity contribution >= 4 is 10.8 Å². The Bertz CT molecular complexity index is 1490. The topological polar surface area (TPSA) is 117 Å². The van der Waals surface area contributed by atoms with E-state index in [-0.39, 0.29) is 36.2 Å². The summed E-state index contributed by atoms with van der Waals surface area (Å²) in [6, 6.07) is 22.0. The van der Waals surface area contributed by atoms with Gasteiger partial charge in [0.1, 0.15) is 29.6 Å². The molecule has 1 N–H and O–H groups in total. The fourth-order valence-corrected chi connectivity index (χ4v) is 4.55. The van der Waals surface area contributed by atoms with E-state index in [2.05, 4.69) is 26.0 Å². The van der Waals surface area contributed by atoms with E-state index in [9.17, 15) is 5.11 Å². The fraction of sp³-hybridized carbons (Fsp3) is 0.286. The number of rotatable bonds is 10. The van der Waals surface area contributed by atoms with Crippen LogP contribution in [0.3, 0.4) is 0 Å². The average molecular weight is 637 g/mol. The van der Waals surface area contributed by atoms with Gasteiger partial charge in [0.25, 0.3) is 0 Å². The zero-order chi connectivity index (χ0) is 32.5. The van der Waals surface area contributed by atoms with Crippen LogP contribution in [0.5, 0.6) is 23.0 Å². The maximum atomic E-state index is 10.4. The molecule has 9 heteroatoms. The van der Waals surface area contributed by atoms with E-state index in [0.717, 1.165) is 50.1 Å². The van der Waals surface area contributed by atoms with E-state index >= 15 is 0 Å². The number of hydrogen-bond donors (Lipinski definition) is 1. The number of ether oxygens (including phenoxy) is 4. The van der Waals surface area contributed by atoms with Crippen molar-refractivity contribution in [2.75, 3.05) is 7.11 Å². The first-order chi connectivity index (χ1) is 20.8. The van der Waals surface area contributed by atoms with Gasteiger partial charge in [-0.15, -0.1) is 0 Å². The van der Waals surface area contributed by atoms with Crippen LogP contribution >= 0.6 is 0 Å². The van der Waals surface area contributed by atoms with E-state index in [1.165, 1.54) is 0 Å². The molecule has 0 aromatic heterocycles. The Morgan fingerprint density at radius 1 is 0.750 bits per heavy atom. The monoisotopic (exact) mass is 636 g/mol. The van der Waals surface area contributed by atoms with Crippen molar-refractivity contribution in [1.82, 2.24) is 0 Å². The molecule has 0 bridgehead atoms. The first-order valence-corrected chi connectivity index (χ1v) is 13.3. The van der Waals surface area contributed by atoms with Crippen LogP contribution in [0.1, 0.15) is 44.4 Å². The summed E-state index contributed by atoms with van der Waals surface area (Å²) in [4.78, 5) is 0. The molecule has 0 unspecified atom stereocenters. The summed E-state index contributed by atoms with van der Waals surface area (Å²) >= 11 is 0. The SMILES string of the molecule is COc1cc(C)cc2c(-c3c(CO)cc(OC(C)C)cc3OC(C)C)ccc(OCc3ccccc3)c12.[C-]#[O+].[C-]#[O+].[C-]#[O+].[Cr]. The summed E-state index contributed by atoms with van der Waals surface area (Å²) in [7, 11) is 1.67. The van der Waals surface area contributed by atoms with Gasteiger partial charge in [-0.25, -0.2) is 0 Å². The van der Waals surface area contributed by atoms with Crippen molar-refractivity contribution in [3.63, 3.8) is 0 Å². The summed E-state index contributed by atoms with van der Waals surface area (Å²) in [5, 5.41) is 12.3. The fourth-order valence-electron chi connectivity index (χ4n) is 4.55. The van der Waals surface area contributed by atoms with Crippen LogP contribution in [0.4, 0.5) is 0 Å². The zero-order valence-corrected chi connectivity index (χ0v) is 26.9. The van der Waals surface area contributed by atoms with E-state index in [1.807, 2.05) is 95.3 Å². The molecule has 230 valence electrons. The summed E-state index contributed by atoms with van der Waals surface area (Å²) < 4.78 is 46.9. The van der Waals surface area contributed by atoms with Crippen LogP contribution in [0.25, 0.3) is 21.9 Å². The maximum absolute atomic E-state index is 10.4. The van der Waals surface area contributed by atoms with Crippen molar-refractivity contribution in [2.24, 2.45) is 0 Å². The minimum absolute atomic E-state index is 0. The summed E-state index contributed by atoms with van der Waals surface area (Å²) in [5.74, 6) is 2.80. The molecule has 0 amide bonds. The Morgan fingerprint density at radius 3 is 1.91 bits per heavy atom. The number of hydrogen-bond acceptors (Lipinski definition) is 5. The first kappa shape index (κ1) is 40.1. The Hall–Kier alpha value is -3.95. The Labute approximate surface area is 270 Å². The van der Waals surface area contributed by atoms with Crippen LogP contribution in [-0.4, -0.2) is 24.4 Å². The van der Waals surface area contributed by atoms with E-state index < -0.39 is 0 Å². The third kappa shape index (κ3) is 10.6. The average Bonchev–Trinajstić information content (AvgIpc) is 3.02. The summed E-state index contributed by atoms with van der Waals surface area (Å²) in [6.07, 6.45) is -0.0614. The number of aryl methyl sites for hydroxylation is 1. The normalized spacial score (nSPS) is 9.61. The van der Waals surface area contributed by atoms with Crippen molar-refractivity contribution in [3.8, 4) is 34.1 Å². The van der Waals surface area contributed by atoms with Crippen LogP contribution in [0.2, 0.25) is 0 Å². The van der Waals surface area contributed by atoms with E-state index in [4.69, 9.17) is 32.9 Å². The molecule has 0 fully saturated rings. The maximum Gasteiger partial charge on any atom is 0 e. The van der Waals surface area contributed by atoms with Crippen LogP contribution < -0.4 is 18.9 Å². The first-order valence-electron chi connectivity index (χ1n) is 13.3. The molecule has 44 heavy (non-hydrogen) atoms. The molecule has 0 saturated heterocycles. The molecule has 0 aliphatic rings. The summed E-state index contributed by atoms with van der Waals surface area (Å²) in [6.45, 7) is 23.8. The van der Waals surface area contributed by atoms with Gasteiger partial charge in [0.05, 0.1) is 31.3 Å². The van der Waals surface area contributed by atoms with Gasteiger partial charge in [-0.05, 0) is 86.5 Å². The van der Waals surface area contributed by atoms with E-state index in [1.54, 1.807) is 7.11 Å². The molecular weight excluding hydrogens is 600 g/mol. The Morgan fingerprint density at radius 2 is 1.36 bits per heavy atom. The van der Waals surface area contributed by atoms with Gasteiger partial charge in [0.2, 0.25) is 0 Å². The third-order valence-corrected chi connectivity index (χ3v) is 5.97. The molecule has 0 radical (unpaired) electrons. The second-order valence-corrected chi connectivity index (χ2v) is 9.72. The number of methoxy groups -OCH3 is 1. The van der Waals surface area contributed by atoms with Gasteiger partial charge < -0.3 is 24.1 Å². The van der Waals surface area contributed by atoms with Crippen LogP contribution in [0.15, 0.2) is 66.7 Å². The predicted molar refractivity (Wildman–Crippen MR) is 161 cm³/mol. The van der Waals surface area contributed by atoms with Crippen molar-refractivity contribution in [2.45, 2.75) is 60.0 Å². The summed E-state index contributed by atoms with van der Waals surface area (Å²) in [5.41, 5.74) is 4.64. The molecule has 4 aromatic rings. The molecule has 0 aliphatic heterocycles. The van der Waals surface area contributed by atoms with E-state index in [0.29, 0.717) is 18.1 Å². The zero-order valence-electron chi connectivity index (χ0n) is 25.6. The third-order valence-electron chi connectivity index (χ3n) is 5.97. The number of aliphatic hydroxyl groups is 1. The van der Waals surface area contributed by atoms with Gasteiger partial charge in [-0.3, -0.25) is 0 Å². The molecule has 8 nitrogen and oxygen atoms in total. The molecule has 4 rings (SSSR count). The van der Waals surface area contributed by atoms with Gasteiger partial charge in [-0.2, -0.15) is 0 Å². The smallest absolute Gasteiger partial charge is 0 e. The number of benzene rings is 4. The van der Waals surface area contributed by atoms with Crippen molar-refractivity contribution < 1.29 is 55.4 Å². The van der Waals surface area contributed by atoms with Crippen molar-refractivity contribution in [1.29, 1.82) is 0 Å². The minimum Gasteiger partial charge on any atom is 0 e. The molecule has 0 atom stereocenters. The predicted octanol–water partition coefficient (Wildman–Crippen LogP) is 7.35. The van der Waals surface area contributed by atoms with Crippen LogP contribution in [-0.2, 0) is 44.5 Å². The molecule has 0 aliphatic carbocycles. The second kappa shape index (κ2) is 20.9. The number of fused-ring (bicyclic) bond motifs is 1. The molecule has 0 saturated carbocycles. The van der Waals surface area contributed by atoms with Gasteiger partial charge in [0.15, 0.2) is 0 Å². The van der Waals surface area contributed by atoms with Gasteiger partial charge in [0, 0.05) is 29.0 Å². The van der Waals surface area contributed by atoms with Crippen LogP contribution in [0, 0.1) is 26.9 Å². The van der Waals surface area contributed by atoms with Gasteiger partial charge in [-0.1, -0.05) is 36.4 Å². The second-order valence-electron chi connectivity index (χ2n) is 9.72. The largest absolute Gasteiger partial charge is 0 e. The quantitative estimate of drug-likeness (QED) is 0.144.